The molecule has 1 aliphatic heterocycles. The summed E-state index contributed by atoms with van der Waals surface area (Å²) in [5.74, 6) is 2.18. The van der Waals surface area contributed by atoms with Crippen LogP contribution in [0.1, 0.15) is 38.5 Å². The van der Waals surface area contributed by atoms with Gasteiger partial charge in [-0.1, -0.05) is 17.7 Å². The summed E-state index contributed by atoms with van der Waals surface area (Å²) in [4.78, 5) is 9.24. The second-order valence-electron chi connectivity index (χ2n) is 8.91. The van der Waals surface area contributed by atoms with Crippen LogP contribution in [0.5, 0.6) is 0 Å². The van der Waals surface area contributed by atoms with E-state index >= 15 is 0 Å². The molecule has 170 valence electrons. The molecule has 1 saturated carbocycles. The molecular weight excluding hydrogens is 424 g/mol. The first-order chi connectivity index (χ1) is 15.6. The molecule has 0 radical (unpaired) electrons. The Hall–Kier alpha value is -2.40. The first-order valence-corrected chi connectivity index (χ1v) is 11.8. The Morgan fingerprint density at radius 3 is 2.69 bits per heavy atom. The summed E-state index contributed by atoms with van der Waals surface area (Å²) < 4.78 is 5.42. The van der Waals surface area contributed by atoms with Gasteiger partial charge in [-0.2, -0.15) is 5.26 Å². The highest BCUT2D eigenvalue weighted by Crippen LogP contribution is 2.32. The van der Waals surface area contributed by atoms with Gasteiger partial charge in [-0.15, -0.1) is 0 Å². The molecule has 0 spiro atoms. The lowest BCUT2D eigenvalue weighted by atomic mass is 9.82. The second kappa shape index (κ2) is 10.5. The minimum absolute atomic E-state index is 0.405. The summed E-state index contributed by atoms with van der Waals surface area (Å²) in [6.45, 7) is 2.57. The molecule has 0 amide bonds. The molecule has 0 unspecified atom stereocenters. The fourth-order valence-corrected chi connectivity index (χ4v) is 4.70. The van der Waals surface area contributed by atoms with Crippen molar-refractivity contribution >= 4 is 23.2 Å². The Balaban J connectivity index is 1.45. The van der Waals surface area contributed by atoms with Crippen molar-refractivity contribution < 1.29 is 4.74 Å². The van der Waals surface area contributed by atoms with Crippen molar-refractivity contribution in [2.45, 2.75) is 44.6 Å². The maximum atomic E-state index is 9.68. The first-order valence-electron chi connectivity index (χ1n) is 11.4. The summed E-state index contributed by atoms with van der Waals surface area (Å²) in [5.41, 5.74) is 7.01. The number of nitrogens with two attached hydrogens (primary N) is 1. The maximum absolute atomic E-state index is 9.68. The minimum Gasteiger partial charge on any atom is -0.381 e. The number of aromatic nitrogens is 2. The number of pyridine rings is 2. The number of anilines is 2. The number of hydrogen-bond acceptors (Lipinski definition) is 7. The van der Waals surface area contributed by atoms with Crippen LogP contribution in [0, 0.1) is 22.7 Å². The molecule has 4 N–H and O–H groups in total. The third-order valence-corrected chi connectivity index (χ3v) is 7.01. The topological polar surface area (TPSA) is 109 Å². The number of nitrogens with zero attached hydrogens (tertiary/aromatic N) is 3. The highest BCUT2D eigenvalue weighted by atomic mass is 35.5. The molecule has 1 aliphatic carbocycles. The Morgan fingerprint density at radius 2 is 1.97 bits per heavy atom. The Labute approximate surface area is 194 Å². The fourth-order valence-electron chi connectivity index (χ4n) is 4.50. The van der Waals surface area contributed by atoms with Gasteiger partial charge in [0.1, 0.15) is 11.6 Å². The average Bonchev–Trinajstić information content (AvgIpc) is 2.85. The summed E-state index contributed by atoms with van der Waals surface area (Å²) in [6, 6.07) is 10.7. The molecule has 32 heavy (non-hydrogen) atoms. The monoisotopic (exact) mass is 454 g/mol. The van der Waals surface area contributed by atoms with Gasteiger partial charge in [0.15, 0.2) is 0 Å². The number of nitrogens with one attached hydrogen (secondary N) is 2. The predicted octanol–water partition coefficient (Wildman–Crippen LogP) is 4.46. The van der Waals surface area contributed by atoms with Gasteiger partial charge in [-0.05, 0) is 69.2 Å². The van der Waals surface area contributed by atoms with Gasteiger partial charge in [-0.3, -0.25) is 0 Å². The highest BCUT2D eigenvalue weighted by molar-refractivity contribution is 6.33. The normalized spacial score (nSPS) is 22.7. The molecule has 7 nitrogen and oxygen atoms in total. The average molecular weight is 455 g/mol. The lowest BCUT2D eigenvalue weighted by Crippen LogP contribution is -2.34. The lowest BCUT2D eigenvalue weighted by Gasteiger charge is -2.30. The zero-order valence-corrected chi connectivity index (χ0v) is 19.1. The van der Waals surface area contributed by atoms with Crippen LogP contribution in [0.25, 0.3) is 11.3 Å². The standard InChI is InChI=1S/C24H31ClN6O/c25-20-14-28-23(30-18-6-4-17(13-26)5-7-18)12-19(20)21-2-1-3-22(31-21)29-16-24(15-27)8-10-32-11-9-24/h1-3,12,14,17-18H,4-11,13,16,26H2,(H,28,30)(H,29,31). The van der Waals surface area contributed by atoms with Crippen LogP contribution in [-0.2, 0) is 4.74 Å². The van der Waals surface area contributed by atoms with E-state index in [1.807, 2.05) is 24.3 Å². The number of rotatable bonds is 7. The number of nitriles is 1. The van der Waals surface area contributed by atoms with E-state index in [4.69, 9.17) is 27.1 Å². The van der Waals surface area contributed by atoms with E-state index in [0.29, 0.717) is 36.7 Å². The van der Waals surface area contributed by atoms with Crippen LogP contribution in [-0.4, -0.2) is 42.3 Å². The van der Waals surface area contributed by atoms with E-state index < -0.39 is 5.41 Å². The molecule has 1 saturated heterocycles. The van der Waals surface area contributed by atoms with Gasteiger partial charge in [0.25, 0.3) is 0 Å². The van der Waals surface area contributed by atoms with Crippen LogP contribution in [0.3, 0.4) is 0 Å². The van der Waals surface area contributed by atoms with Crippen LogP contribution < -0.4 is 16.4 Å². The van der Waals surface area contributed by atoms with E-state index in [1.165, 1.54) is 0 Å². The highest BCUT2D eigenvalue weighted by Gasteiger charge is 2.32. The van der Waals surface area contributed by atoms with Crippen molar-refractivity contribution in [1.82, 2.24) is 9.97 Å². The smallest absolute Gasteiger partial charge is 0.126 e. The van der Waals surface area contributed by atoms with Gasteiger partial charge in [0, 0.05) is 37.6 Å². The summed E-state index contributed by atoms with van der Waals surface area (Å²) in [6.07, 6.45) is 7.65. The quantitative estimate of drug-likeness (QED) is 0.566. The molecule has 2 aromatic heterocycles. The van der Waals surface area contributed by atoms with E-state index in [2.05, 4.69) is 21.7 Å². The molecule has 2 aromatic rings. The van der Waals surface area contributed by atoms with E-state index in [-0.39, 0.29) is 0 Å². The number of halogens is 1. The molecule has 3 heterocycles. The van der Waals surface area contributed by atoms with Crippen molar-refractivity contribution in [2.75, 3.05) is 36.9 Å². The molecule has 8 heteroatoms. The zero-order valence-electron chi connectivity index (χ0n) is 18.3. The Bertz CT molecular complexity index is 948. The summed E-state index contributed by atoms with van der Waals surface area (Å²) >= 11 is 6.49. The maximum Gasteiger partial charge on any atom is 0.126 e. The summed E-state index contributed by atoms with van der Waals surface area (Å²) in [5, 5.41) is 17.1. The van der Waals surface area contributed by atoms with Crippen molar-refractivity contribution in [3.63, 3.8) is 0 Å². The van der Waals surface area contributed by atoms with Crippen LogP contribution in [0.2, 0.25) is 5.02 Å². The minimum atomic E-state index is -0.412. The second-order valence-corrected chi connectivity index (χ2v) is 9.32. The number of hydrogen-bond donors (Lipinski definition) is 3. The molecule has 4 rings (SSSR count). The van der Waals surface area contributed by atoms with Gasteiger partial charge in [0.2, 0.25) is 0 Å². The number of ether oxygens (including phenoxy) is 1. The van der Waals surface area contributed by atoms with E-state index in [0.717, 1.165) is 68.0 Å². The Morgan fingerprint density at radius 1 is 1.19 bits per heavy atom. The van der Waals surface area contributed by atoms with Crippen LogP contribution in [0.15, 0.2) is 30.5 Å². The molecule has 0 bridgehead atoms. The van der Waals surface area contributed by atoms with Crippen LogP contribution >= 0.6 is 11.6 Å². The van der Waals surface area contributed by atoms with E-state index in [9.17, 15) is 5.26 Å². The van der Waals surface area contributed by atoms with Gasteiger partial charge in [0.05, 0.1) is 22.2 Å². The molecule has 0 aromatic carbocycles. The van der Waals surface area contributed by atoms with E-state index in [1.54, 1.807) is 6.20 Å². The van der Waals surface area contributed by atoms with Crippen molar-refractivity contribution in [3.8, 4) is 17.3 Å². The first kappa shape index (κ1) is 22.8. The molecule has 0 atom stereocenters. The Kier molecular flexibility index (Phi) is 7.46. The third-order valence-electron chi connectivity index (χ3n) is 6.71. The van der Waals surface area contributed by atoms with Crippen LogP contribution in [0.4, 0.5) is 11.6 Å². The fraction of sp³-hybridized carbons (Fsp3) is 0.542. The van der Waals surface area contributed by atoms with Gasteiger partial charge >= 0.3 is 0 Å². The SMILES string of the molecule is N#CC1(CNc2cccc(-c3cc(NC4CCC(CN)CC4)ncc3Cl)n2)CCOCC1. The molecule has 2 aliphatic rings. The predicted molar refractivity (Wildman–Crippen MR) is 127 cm³/mol. The third kappa shape index (κ3) is 5.50. The summed E-state index contributed by atoms with van der Waals surface area (Å²) in [7, 11) is 0. The largest absolute Gasteiger partial charge is 0.381 e. The van der Waals surface area contributed by atoms with Crippen molar-refractivity contribution in [2.24, 2.45) is 17.1 Å². The van der Waals surface area contributed by atoms with Gasteiger partial charge in [-0.25, -0.2) is 9.97 Å². The zero-order chi connectivity index (χ0) is 22.4. The van der Waals surface area contributed by atoms with Crippen molar-refractivity contribution in [3.05, 3.63) is 35.5 Å². The lowest BCUT2D eigenvalue weighted by molar-refractivity contribution is 0.0455. The van der Waals surface area contributed by atoms with Crippen molar-refractivity contribution in [1.29, 1.82) is 5.26 Å². The molecule has 2 fully saturated rings. The van der Waals surface area contributed by atoms with Gasteiger partial charge < -0.3 is 21.1 Å². The molecular formula is C24H31ClN6O.